The summed E-state index contributed by atoms with van der Waals surface area (Å²) < 4.78 is 0. The molecule has 0 aliphatic heterocycles. The fourth-order valence-corrected chi connectivity index (χ4v) is 0.862. The van der Waals surface area contributed by atoms with E-state index in [1.807, 2.05) is 0 Å². The molecule has 0 aromatic heterocycles. The molecule has 0 heterocycles. The van der Waals surface area contributed by atoms with Gasteiger partial charge in [-0.1, -0.05) is 19.8 Å². The molecule has 1 nitrogen and oxygen atoms in total. The maximum absolute atomic E-state index is 8.95. The first-order valence-corrected chi connectivity index (χ1v) is 4.30. The molecule has 0 saturated carbocycles. The average molecular weight is 147 g/mol. The van der Waals surface area contributed by atoms with Gasteiger partial charge in [-0.3, -0.25) is 0 Å². The first-order valence-electron chi connectivity index (χ1n) is 3.48. The van der Waals surface area contributed by atoms with E-state index >= 15 is 0 Å². The van der Waals surface area contributed by atoms with Gasteiger partial charge in [0, 0.05) is 15.7 Å². The molecule has 0 saturated heterocycles. The van der Waals surface area contributed by atoms with Gasteiger partial charge in [-0.05, 0) is 6.42 Å². The molecule has 0 aromatic carbocycles. The molecule has 0 bridgehead atoms. The van der Waals surface area contributed by atoms with Crippen LogP contribution in [0.5, 0.6) is 0 Å². The highest BCUT2D eigenvalue weighted by Gasteiger charge is 1.91. The van der Waals surface area contributed by atoms with Crippen LogP contribution in [0.15, 0.2) is 11.6 Å². The van der Waals surface area contributed by atoms with Crippen LogP contribution >= 0.6 is 9.24 Å². The maximum atomic E-state index is 8.95. The zero-order valence-electron chi connectivity index (χ0n) is 6.06. The Kier molecular flexibility index (Phi) is 6.08. The summed E-state index contributed by atoms with van der Waals surface area (Å²) in [4.78, 5) is 0. The Bertz CT molecular complexity index is 88.9. The Morgan fingerprint density at radius 1 is 1.56 bits per heavy atom. The Hall–Kier alpha value is -0.0300. The topological polar surface area (TPSA) is 20.2 Å². The standard InChI is InChI=1S/C7H15OP/c1-2-3-4-5-7(8)6-9/h6,8H,2-5,9H2,1H3/p+1/b7-6-. The molecule has 0 amide bonds. The number of aliphatic hydroxyl groups is 1. The lowest BCUT2D eigenvalue weighted by Crippen LogP contribution is -1.79. The normalized spacial score (nSPS) is 12.3. The Balaban J connectivity index is 3.07. The van der Waals surface area contributed by atoms with E-state index in [9.17, 15) is 0 Å². The second kappa shape index (κ2) is 6.10. The molecule has 0 aromatic rings. The highest BCUT2D eigenvalue weighted by Crippen LogP contribution is 2.06. The van der Waals surface area contributed by atoms with Crippen molar-refractivity contribution in [2.24, 2.45) is 0 Å². The van der Waals surface area contributed by atoms with Gasteiger partial charge in [-0.15, -0.1) is 0 Å². The van der Waals surface area contributed by atoms with Crippen molar-refractivity contribution < 1.29 is 5.11 Å². The van der Waals surface area contributed by atoms with Crippen LogP contribution in [0.25, 0.3) is 0 Å². The van der Waals surface area contributed by atoms with E-state index in [4.69, 9.17) is 5.11 Å². The summed E-state index contributed by atoms with van der Waals surface area (Å²) in [5, 5.41) is 8.95. The second-order valence-corrected chi connectivity index (χ2v) is 2.56. The molecule has 0 rings (SSSR count). The highest BCUT2D eigenvalue weighted by atomic mass is 31.0. The zero-order valence-corrected chi connectivity index (χ0v) is 7.47. The lowest BCUT2D eigenvalue weighted by molar-refractivity contribution is 0.383. The Labute approximate surface area is 59.4 Å². The minimum absolute atomic E-state index is 0.543. The minimum atomic E-state index is 0.543. The van der Waals surface area contributed by atoms with Crippen molar-refractivity contribution in [3.05, 3.63) is 11.6 Å². The zero-order chi connectivity index (χ0) is 7.11. The lowest BCUT2D eigenvalue weighted by Gasteiger charge is -1.94. The molecule has 0 aliphatic carbocycles. The summed E-state index contributed by atoms with van der Waals surface area (Å²) in [5.41, 5.74) is 0. The van der Waals surface area contributed by atoms with Crippen molar-refractivity contribution in [2.45, 2.75) is 32.6 Å². The molecule has 0 spiro atoms. The summed E-state index contributed by atoms with van der Waals surface area (Å²) in [6, 6.07) is 0. The van der Waals surface area contributed by atoms with Gasteiger partial charge in [0.1, 0.15) is 5.76 Å². The number of unbranched alkanes of at least 4 members (excludes halogenated alkanes) is 2. The van der Waals surface area contributed by atoms with E-state index in [1.54, 1.807) is 15.1 Å². The molecular weight excluding hydrogens is 131 g/mol. The quantitative estimate of drug-likeness (QED) is 0.368. The van der Waals surface area contributed by atoms with Crippen LogP contribution in [-0.2, 0) is 0 Å². The first-order chi connectivity index (χ1) is 4.31. The summed E-state index contributed by atoms with van der Waals surface area (Å²) in [6.45, 7) is 2.16. The highest BCUT2D eigenvalue weighted by molar-refractivity contribution is 7.20. The molecular formula is C7H16OP+. The van der Waals surface area contributed by atoms with Crippen molar-refractivity contribution in [3.8, 4) is 0 Å². The van der Waals surface area contributed by atoms with Gasteiger partial charge in [0.25, 0.3) is 0 Å². The number of aliphatic hydroxyl groups excluding tert-OH is 1. The number of hydrogen-bond acceptors (Lipinski definition) is 1. The molecule has 2 heteroatoms. The molecule has 0 fully saturated rings. The average Bonchev–Trinajstić information content (AvgIpc) is 1.89. The van der Waals surface area contributed by atoms with Gasteiger partial charge in [0.2, 0.25) is 0 Å². The van der Waals surface area contributed by atoms with Crippen molar-refractivity contribution in [1.29, 1.82) is 0 Å². The van der Waals surface area contributed by atoms with Gasteiger partial charge in [0.05, 0.1) is 5.82 Å². The molecule has 54 valence electrons. The molecule has 9 heavy (non-hydrogen) atoms. The Morgan fingerprint density at radius 2 is 2.22 bits per heavy atom. The van der Waals surface area contributed by atoms with E-state index in [0.717, 1.165) is 12.8 Å². The van der Waals surface area contributed by atoms with Gasteiger partial charge >= 0.3 is 0 Å². The van der Waals surface area contributed by atoms with Gasteiger partial charge in [-0.2, -0.15) is 0 Å². The van der Waals surface area contributed by atoms with E-state index in [0.29, 0.717) is 5.76 Å². The van der Waals surface area contributed by atoms with Crippen molar-refractivity contribution >= 4 is 9.24 Å². The van der Waals surface area contributed by atoms with E-state index in [-0.39, 0.29) is 0 Å². The van der Waals surface area contributed by atoms with Crippen molar-refractivity contribution in [2.75, 3.05) is 0 Å². The SMILES string of the molecule is CCCCC/C(O)=C/[PH3+]. The molecule has 1 atom stereocenters. The third-order valence-corrected chi connectivity index (χ3v) is 1.74. The molecule has 1 unspecified atom stereocenters. The monoisotopic (exact) mass is 147 g/mol. The number of rotatable bonds is 4. The third-order valence-electron chi connectivity index (χ3n) is 1.27. The maximum Gasteiger partial charge on any atom is 0.126 e. The first kappa shape index (κ1) is 8.97. The summed E-state index contributed by atoms with van der Waals surface area (Å²) >= 11 is 0. The van der Waals surface area contributed by atoms with Crippen molar-refractivity contribution in [1.82, 2.24) is 0 Å². The second-order valence-electron chi connectivity index (χ2n) is 2.15. The summed E-state index contributed by atoms with van der Waals surface area (Å²) in [6.07, 6.45) is 4.43. The van der Waals surface area contributed by atoms with E-state index in [1.165, 1.54) is 12.8 Å². The van der Waals surface area contributed by atoms with Crippen LogP contribution in [0.3, 0.4) is 0 Å². The van der Waals surface area contributed by atoms with E-state index < -0.39 is 0 Å². The fourth-order valence-electron chi connectivity index (χ4n) is 0.658. The largest absolute Gasteiger partial charge is 0.509 e. The molecule has 1 N–H and O–H groups in total. The lowest BCUT2D eigenvalue weighted by atomic mass is 10.2. The van der Waals surface area contributed by atoms with Crippen LogP contribution in [-0.4, -0.2) is 5.11 Å². The molecule has 0 radical (unpaired) electrons. The van der Waals surface area contributed by atoms with Crippen molar-refractivity contribution in [3.63, 3.8) is 0 Å². The molecule has 0 aliphatic rings. The van der Waals surface area contributed by atoms with Gasteiger partial charge < -0.3 is 5.11 Å². The number of hydrogen-bond donors (Lipinski definition) is 1. The predicted molar refractivity (Wildman–Crippen MR) is 46.0 cm³/mol. The van der Waals surface area contributed by atoms with Gasteiger partial charge in [0.15, 0.2) is 0 Å². The predicted octanol–water partition coefficient (Wildman–Crippen LogP) is 2.57. The Morgan fingerprint density at radius 3 is 2.67 bits per heavy atom. The van der Waals surface area contributed by atoms with Crippen LogP contribution in [0.4, 0.5) is 0 Å². The number of allylic oxidation sites excluding steroid dienone is 1. The van der Waals surface area contributed by atoms with Crippen LogP contribution in [0.2, 0.25) is 0 Å². The van der Waals surface area contributed by atoms with Gasteiger partial charge in [-0.25, -0.2) is 0 Å². The summed E-state index contributed by atoms with van der Waals surface area (Å²) in [5.74, 6) is 2.33. The fraction of sp³-hybridized carbons (Fsp3) is 0.714. The third kappa shape index (κ3) is 5.85. The van der Waals surface area contributed by atoms with E-state index in [2.05, 4.69) is 6.92 Å². The smallest absolute Gasteiger partial charge is 0.126 e. The summed E-state index contributed by atoms with van der Waals surface area (Å²) in [7, 11) is 1.69. The van der Waals surface area contributed by atoms with Crippen LogP contribution in [0, 0.1) is 0 Å². The van der Waals surface area contributed by atoms with Crippen LogP contribution < -0.4 is 0 Å². The van der Waals surface area contributed by atoms with Crippen LogP contribution in [0.1, 0.15) is 32.6 Å². The minimum Gasteiger partial charge on any atom is -0.509 e.